The van der Waals surface area contributed by atoms with Gasteiger partial charge in [0.25, 0.3) is 0 Å². The third kappa shape index (κ3) is 2.28. The van der Waals surface area contributed by atoms with Crippen LogP contribution >= 0.6 is 0 Å². The highest BCUT2D eigenvalue weighted by Crippen LogP contribution is 2.25. The fourth-order valence-electron chi connectivity index (χ4n) is 1.75. The van der Waals surface area contributed by atoms with Crippen LogP contribution in [0.1, 0.15) is 25.3 Å². The molecule has 2 heterocycles. The lowest BCUT2D eigenvalue weighted by atomic mass is 9.92. The molecule has 0 aromatic carbocycles. The number of hydrogen-bond acceptors (Lipinski definition) is 5. The topological polar surface area (TPSA) is 70.8 Å². The number of anilines is 1. The van der Waals surface area contributed by atoms with Crippen LogP contribution in [0.3, 0.4) is 0 Å². The molecule has 0 aliphatic carbocycles. The SMILES string of the molecule is CC1(Nc2nnccc2C#N)CCOCC1. The molecule has 0 radical (unpaired) electrons. The molecule has 1 saturated heterocycles. The Kier molecular flexibility index (Phi) is 3.02. The molecule has 84 valence electrons. The van der Waals surface area contributed by atoms with Gasteiger partial charge < -0.3 is 10.1 Å². The minimum atomic E-state index is -0.0557. The van der Waals surface area contributed by atoms with Crippen molar-refractivity contribution in [1.29, 1.82) is 5.26 Å². The van der Waals surface area contributed by atoms with E-state index in [1.54, 1.807) is 6.07 Å². The second kappa shape index (κ2) is 4.45. The van der Waals surface area contributed by atoms with Gasteiger partial charge in [-0.1, -0.05) is 0 Å². The van der Waals surface area contributed by atoms with Crippen LogP contribution in [-0.2, 0) is 4.74 Å². The minimum Gasteiger partial charge on any atom is -0.381 e. The molecule has 5 heteroatoms. The average molecular weight is 218 g/mol. The maximum absolute atomic E-state index is 8.95. The van der Waals surface area contributed by atoms with Crippen LogP contribution in [0.5, 0.6) is 0 Å². The first kappa shape index (κ1) is 10.8. The summed E-state index contributed by atoms with van der Waals surface area (Å²) in [6.07, 6.45) is 3.35. The summed E-state index contributed by atoms with van der Waals surface area (Å²) in [6.45, 7) is 3.60. The van der Waals surface area contributed by atoms with Crippen molar-refractivity contribution in [3.63, 3.8) is 0 Å². The van der Waals surface area contributed by atoms with Crippen molar-refractivity contribution in [1.82, 2.24) is 10.2 Å². The Morgan fingerprint density at radius 3 is 2.94 bits per heavy atom. The third-order valence-electron chi connectivity index (χ3n) is 2.86. The molecule has 2 rings (SSSR count). The Balaban J connectivity index is 2.16. The van der Waals surface area contributed by atoms with Gasteiger partial charge in [-0.15, -0.1) is 5.10 Å². The highest BCUT2D eigenvalue weighted by atomic mass is 16.5. The maximum atomic E-state index is 8.95. The molecule has 0 amide bonds. The molecule has 0 unspecified atom stereocenters. The zero-order valence-electron chi connectivity index (χ0n) is 9.23. The summed E-state index contributed by atoms with van der Waals surface area (Å²) in [5.74, 6) is 0.564. The highest BCUT2D eigenvalue weighted by molar-refractivity contribution is 5.51. The van der Waals surface area contributed by atoms with Crippen LogP contribution in [0, 0.1) is 11.3 Å². The fourth-order valence-corrected chi connectivity index (χ4v) is 1.75. The molecule has 1 aliphatic rings. The van der Waals surface area contributed by atoms with Gasteiger partial charge in [-0.05, 0) is 25.8 Å². The van der Waals surface area contributed by atoms with Crippen molar-refractivity contribution in [2.45, 2.75) is 25.3 Å². The molecule has 0 saturated carbocycles. The van der Waals surface area contributed by atoms with Gasteiger partial charge in [0.1, 0.15) is 6.07 Å². The standard InChI is InChI=1S/C11H14N4O/c1-11(3-6-16-7-4-11)14-10-9(8-12)2-5-13-15-10/h2,5H,3-4,6-7H2,1H3,(H,14,15). The Morgan fingerprint density at radius 2 is 2.25 bits per heavy atom. The smallest absolute Gasteiger partial charge is 0.167 e. The molecular formula is C11H14N4O. The summed E-state index contributed by atoms with van der Waals surface area (Å²) < 4.78 is 5.32. The van der Waals surface area contributed by atoms with Gasteiger partial charge in [0, 0.05) is 18.8 Å². The zero-order chi connectivity index (χ0) is 11.4. The summed E-state index contributed by atoms with van der Waals surface area (Å²) in [4.78, 5) is 0. The van der Waals surface area contributed by atoms with E-state index in [2.05, 4.69) is 28.5 Å². The van der Waals surface area contributed by atoms with Crippen LogP contribution in [0.4, 0.5) is 5.82 Å². The quantitative estimate of drug-likeness (QED) is 0.810. The van der Waals surface area contributed by atoms with E-state index in [1.807, 2.05) is 0 Å². The second-order valence-electron chi connectivity index (χ2n) is 4.20. The van der Waals surface area contributed by atoms with Crippen molar-refractivity contribution < 1.29 is 4.74 Å². The Hall–Kier alpha value is -1.67. The molecule has 1 aromatic heterocycles. The molecular weight excluding hydrogens is 204 g/mol. The molecule has 1 aromatic rings. The van der Waals surface area contributed by atoms with E-state index in [4.69, 9.17) is 10.00 Å². The normalized spacial score (nSPS) is 18.8. The van der Waals surface area contributed by atoms with E-state index >= 15 is 0 Å². The van der Waals surface area contributed by atoms with Crippen LogP contribution in [0.2, 0.25) is 0 Å². The van der Waals surface area contributed by atoms with E-state index in [0.717, 1.165) is 26.1 Å². The molecule has 0 spiro atoms. The van der Waals surface area contributed by atoms with Crippen molar-refractivity contribution >= 4 is 5.82 Å². The number of ether oxygens (including phenoxy) is 1. The summed E-state index contributed by atoms with van der Waals surface area (Å²) >= 11 is 0. The van der Waals surface area contributed by atoms with E-state index in [0.29, 0.717) is 11.4 Å². The van der Waals surface area contributed by atoms with Crippen LogP contribution in [-0.4, -0.2) is 29.0 Å². The number of nitrogens with zero attached hydrogens (tertiary/aromatic N) is 3. The van der Waals surface area contributed by atoms with Gasteiger partial charge in [-0.2, -0.15) is 10.4 Å². The van der Waals surface area contributed by atoms with E-state index in [1.165, 1.54) is 6.20 Å². The van der Waals surface area contributed by atoms with Crippen molar-refractivity contribution in [3.8, 4) is 6.07 Å². The van der Waals surface area contributed by atoms with Crippen molar-refractivity contribution in [2.24, 2.45) is 0 Å². The molecule has 1 aliphatic heterocycles. The second-order valence-corrected chi connectivity index (χ2v) is 4.20. The Labute approximate surface area is 94.4 Å². The lowest BCUT2D eigenvalue weighted by Gasteiger charge is -2.34. The fraction of sp³-hybridized carbons (Fsp3) is 0.545. The Morgan fingerprint density at radius 1 is 1.50 bits per heavy atom. The number of nitriles is 1. The lowest BCUT2D eigenvalue weighted by Crippen LogP contribution is -2.41. The molecule has 16 heavy (non-hydrogen) atoms. The zero-order valence-corrected chi connectivity index (χ0v) is 9.23. The summed E-state index contributed by atoms with van der Waals surface area (Å²) in [6, 6.07) is 3.77. The van der Waals surface area contributed by atoms with Gasteiger partial charge in [-0.25, -0.2) is 0 Å². The summed E-state index contributed by atoms with van der Waals surface area (Å²) in [5.41, 5.74) is 0.475. The number of hydrogen-bond donors (Lipinski definition) is 1. The van der Waals surface area contributed by atoms with E-state index in [-0.39, 0.29) is 5.54 Å². The molecule has 5 nitrogen and oxygen atoms in total. The first-order chi connectivity index (χ1) is 7.73. The summed E-state index contributed by atoms with van der Waals surface area (Å²) in [5, 5.41) is 20.0. The maximum Gasteiger partial charge on any atom is 0.167 e. The first-order valence-corrected chi connectivity index (χ1v) is 5.31. The number of rotatable bonds is 2. The van der Waals surface area contributed by atoms with Gasteiger partial charge in [0.05, 0.1) is 11.8 Å². The predicted octanol–water partition coefficient (Wildman–Crippen LogP) is 1.33. The molecule has 0 atom stereocenters. The molecule has 0 bridgehead atoms. The van der Waals surface area contributed by atoms with Gasteiger partial charge in [0.2, 0.25) is 0 Å². The van der Waals surface area contributed by atoms with E-state index in [9.17, 15) is 0 Å². The number of nitrogens with one attached hydrogen (secondary N) is 1. The van der Waals surface area contributed by atoms with E-state index < -0.39 is 0 Å². The first-order valence-electron chi connectivity index (χ1n) is 5.31. The van der Waals surface area contributed by atoms with Gasteiger partial charge in [-0.3, -0.25) is 0 Å². The molecule has 1 N–H and O–H groups in total. The largest absolute Gasteiger partial charge is 0.381 e. The average Bonchev–Trinajstić information content (AvgIpc) is 2.30. The monoisotopic (exact) mass is 218 g/mol. The highest BCUT2D eigenvalue weighted by Gasteiger charge is 2.28. The predicted molar refractivity (Wildman–Crippen MR) is 58.8 cm³/mol. The van der Waals surface area contributed by atoms with Gasteiger partial charge in [0.15, 0.2) is 5.82 Å². The third-order valence-corrected chi connectivity index (χ3v) is 2.86. The number of aromatic nitrogens is 2. The lowest BCUT2D eigenvalue weighted by molar-refractivity contribution is 0.0657. The molecule has 1 fully saturated rings. The van der Waals surface area contributed by atoms with Crippen LogP contribution in [0.15, 0.2) is 12.3 Å². The van der Waals surface area contributed by atoms with Crippen molar-refractivity contribution in [3.05, 3.63) is 17.8 Å². The van der Waals surface area contributed by atoms with Crippen LogP contribution in [0.25, 0.3) is 0 Å². The Bertz CT molecular complexity index is 407. The minimum absolute atomic E-state index is 0.0557. The summed E-state index contributed by atoms with van der Waals surface area (Å²) in [7, 11) is 0. The van der Waals surface area contributed by atoms with Gasteiger partial charge >= 0.3 is 0 Å². The van der Waals surface area contributed by atoms with Crippen LogP contribution < -0.4 is 5.32 Å². The van der Waals surface area contributed by atoms with Crippen molar-refractivity contribution in [2.75, 3.05) is 18.5 Å².